The van der Waals surface area contributed by atoms with Crippen molar-refractivity contribution < 1.29 is 9.90 Å². The minimum atomic E-state index is -0.784. The molecule has 0 amide bonds. The van der Waals surface area contributed by atoms with Crippen molar-refractivity contribution in [1.29, 1.82) is 0 Å². The first-order chi connectivity index (χ1) is 19.8. The highest BCUT2D eigenvalue weighted by molar-refractivity contribution is 5.95. The van der Waals surface area contributed by atoms with Gasteiger partial charge in [-0.3, -0.25) is 4.79 Å². The summed E-state index contributed by atoms with van der Waals surface area (Å²) in [4.78, 5) is 14.1. The molecule has 1 spiro atoms. The molecule has 41 heavy (non-hydrogen) atoms. The Bertz CT molecular complexity index is 1740. The van der Waals surface area contributed by atoms with Gasteiger partial charge in [0.25, 0.3) is 0 Å². The number of aliphatic carboxylic acids is 1. The molecule has 1 atom stereocenters. The molecule has 1 saturated carbocycles. The van der Waals surface area contributed by atoms with Gasteiger partial charge in [0, 0.05) is 35.7 Å². The van der Waals surface area contributed by atoms with Crippen LogP contribution in [0.5, 0.6) is 0 Å². The molecule has 3 heteroatoms. The van der Waals surface area contributed by atoms with Crippen LogP contribution in [0.15, 0.2) is 109 Å². The van der Waals surface area contributed by atoms with E-state index in [2.05, 4.69) is 123 Å². The number of aryl methyl sites for hydroxylation is 1. The predicted molar refractivity (Wildman–Crippen MR) is 172 cm³/mol. The highest BCUT2D eigenvalue weighted by atomic mass is 16.4. The molecule has 4 aromatic carbocycles. The number of anilines is 1. The third-order valence-corrected chi connectivity index (χ3v) is 9.84. The molecule has 6 rings (SSSR count). The van der Waals surface area contributed by atoms with Crippen LogP contribution < -0.4 is 4.90 Å². The van der Waals surface area contributed by atoms with E-state index < -0.39 is 11.4 Å². The number of fused-ring (bicyclic) bond motifs is 5. The molecule has 1 unspecified atom stereocenters. The number of carboxylic acid groups (broad SMARTS) is 1. The largest absolute Gasteiger partial charge is 0.481 e. The van der Waals surface area contributed by atoms with Crippen molar-refractivity contribution in [2.24, 2.45) is 0 Å². The standard InChI is InChI=1S/C38H39NO2/c1-26-18-19-28-13-5-7-15-30(28)35(26)37(3,25-22-34(40)41)27(2)12-11-17-33-38(23-9-10-24-38)36-31-16-8-6-14-29(31)20-21-32(36)39(33)4/h5-8,11-21H,2,9-10,22-25H2,1,3-4H3,(H,40,41)/b12-11+,33-17+. The van der Waals surface area contributed by atoms with Crippen molar-refractivity contribution in [2.75, 3.05) is 11.9 Å². The Labute approximate surface area is 243 Å². The summed E-state index contributed by atoms with van der Waals surface area (Å²) in [5.41, 5.74) is 6.89. The van der Waals surface area contributed by atoms with Crippen molar-refractivity contribution in [2.45, 2.75) is 63.2 Å². The molecule has 0 radical (unpaired) electrons. The van der Waals surface area contributed by atoms with Gasteiger partial charge in [-0.05, 0) is 82.1 Å². The van der Waals surface area contributed by atoms with E-state index in [1.165, 1.54) is 46.1 Å². The van der Waals surface area contributed by atoms with Crippen molar-refractivity contribution in [3.05, 3.63) is 126 Å². The minimum Gasteiger partial charge on any atom is -0.481 e. The lowest BCUT2D eigenvalue weighted by Crippen LogP contribution is -2.27. The molecule has 4 aromatic rings. The molecule has 1 heterocycles. The Morgan fingerprint density at radius 2 is 1.61 bits per heavy atom. The van der Waals surface area contributed by atoms with Crippen LogP contribution in [0.25, 0.3) is 21.5 Å². The van der Waals surface area contributed by atoms with Crippen molar-refractivity contribution in [3.8, 4) is 0 Å². The average Bonchev–Trinajstić information content (AvgIpc) is 3.55. The number of likely N-dealkylation sites (N-methyl/N-ethyl adjacent to an activating group) is 1. The van der Waals surface area contributed by atoms with E-state index in [0.29, 0.717) is 6.42 Å². The molecule has 1 N–H and O–H groups in total. The third kappa shape index (κ3) is 4.39. The van der Waals surface area contributed by atoms with Gasteiger partial charge in [-0.2, -0.15) is 0 Å². The van der Waals surface area contributed by atoms with Crippen LogP contribution in [0.1, 0.15) is 62.1 Å². The van der Waals surface area contributed by atoms with Crippen LogP contribution in [-0.2, 0) is 15.6 Å². The molecule has 1 aliphatic heterocycles. The molecule has 1 aliphatic carbocycles. The van der Waals surface area contributed by atoms with Gasteiger partial charge in [-0.15, -0.1) is 0 Å². The van der Waals surface area contributed by atoms with E-state index in [4.69, 9.17) is 0 Å². The molecular weight excluding hydrogens is 502 g/mol. The Balaban J connectivity index is 1.42. The maximum absolute atomic E-state index is 11.8. The Kier molecular flexibility index (Phi) is 6.85. The van der Waals surface area contributed by atoms with Crippen LogP contribution in [0.2, 0.25) is 0 Å². The summed E-state index contributed by atoms with van der Waals surface area (Å²) < 4.78 is 0. The molecule has 2 aliphatic rings. The van der Waals surface area contributed by atoms with Gasteiger partial charge >= 0.3 is 5.97 Å². The summed E-state index contributed by atoms with van der Waals surface area (Å²) in [7, 11) is 2.20. The zero-order chi connectivity index (χ0) is 28.8. The van der Waals surface area contributed by atoms with Gasteiger partial charge in [-0.1, -0.05) is 105 Å². The highest BCUT2D eigenvalue weighted by Crippen LogP contribution is 2.58. The monoisotopic (exact) mass is 541 g/mol. The van der Waals surface area contributed by atoms with Crippen molar-refractivity contribution in [1.82, 2.24) is 0 Å². The molecule has 3 nitrogen and oxygen atoms in total. The van der Waals surface area contributed by atoms with Crippen LogP contribution >= 0.6 is 0 Å². The molecule has 0 saturated heterocycles. The summed E-state index contributed by atoms with van der Waals surface area (Å²) in [5, 5.41) is 14.6. The Hall–Kier alpha value is -4.11. The number of carboxylic acids is 1. The summed E-state index contributed by atoms with van der Waals surface area (Å²) in [6, 6.07) is 26.0. The third-order valence-electron chi connectivity index (χ3n) is 9.84. The number of nitrogens with zero attached hydrogens (tertiary/aromatic N) is 1. The van der Waals surface area contributed by atoms with E-state index in [0.717, 1.165) is 34.8 Å². The number of hydrogen-bond acceptors (Lipinski definition) is 2. The molecule has 1 fully saturated rings. The maximum Gasteiger partial charge on any atom is 0.303 e. The first-order valence-electron chi connectivity index (χ1n) is 14.8. The van der Waals surface area contributed by atoms with E-state index >= 15 is 0 Å². The number of rotatable bonds is 7. The van der Waals surface area contributed by atoms with Crippen LogP contribution in [-0.4, -0.2) is 18.1 Å². The quantitative estimate of drug-likeness (QED) is 0.237. The normalized spacial score (nSPS) is 18.5. The average molecular weight is 542 g/mol. The van der Waals surface area contributed by atoms with Gasteiger partial charge in [0.15, 0.2) is 0 Å². The second-order valence-electron chi connectivity index (χ2n) is 12.2. The molecule has 0 aromatic heterocycles. The van der Waals surface area contributed by atoms with Crippen molar-refractivity contribution >= 4 is 33.2 Å². The maximum atomic E-state index is 11.8. The van der Waals surface area contributed by atoms with Gasteiger partial charge in [0.05, 0.1) is 0 Å². The van der Waals surface area contributed by atoms with Crippen LogP contribution in [0.4, 0.5) is 5.69 Å². The number of carbonyl (C=O) groups is 1. The zero-order valence-electron chi connectivity index (χ0n) is 24.4. The van der Waals surface area contributed by atoms with Crippen LogP contribution in [0.3, 0.4) is 0 Å². The minimum absolute atomic E-state index is 0.0233. The van der Waals surface area contributed by atoms with E-state index in [9.17, 15) is 9.90 Å². The first-order valence-corrected chi connectivity index (χ1v) is 14.8. The van der Waals surface area contributed by atoms with E-state index in [-0.39, 0.29) is 11.8 Å². The Morgan fingerprint density at radius 3 is 2.32 bits per heavy atom. The lowest BCUT2D eigenvalue weighted by Gasteiger charge is -2.34. The lowest BCUT2D eigenvalue weighted by atomic mass is 9.69. The number of benzene rings is 4. The zero-order valence-corrected chi connectivity index (χ0v) is 24.4. The fraction of sp³-hybridized carbons (Fsp3) is 0.289. The van der Waals surface area contributed by atoms with Gasteiger partial charge in [0.2, 0.25) is 0 Å². The van der Waals surface area contributed by atoms with E-state index in [1.807, 2.05) is 0 Å². The molecular formula is C38H39NO2. The fourth-order valence-corrected chi connectivity index (χ4v) is 7.73. The molecule has 0 bridgehead atoms. The summed E-state index contributed by atoms with van der Waals surface area (Å²) in [6.45, 7) is 8.84. The van der Waals surface area contributed by atoms with Gasteiger partial charge < -0.3 is 10.0 Å². The molecule has 208 valence electrons. The Morgan fingerprint density at radius 1 is 0.976 bits per heavy atom. The fourth-order valence-electron chi connectivity index (χ4n) is 7.73. The number of hydrogen-bond donors (Lipinski definition) is 1. The lowest BCUT2D eigenvalue weighted by molar-refractivity contribution is -0.137. The summed E-state index contributed by atoms with van der Waals surface area (Å²) in [6.07, 6.45) is 11.9. The first kappa shape index (κ1) is 27.1. The second-order valence-corrected chi connectivity index (χ2v) is 12.2. The summed E-state index contributed by atoms with van der Waals surface area (Å²) >= 11 is 0. The smallest absolute Gasteiger partial charge is 0.303 e. The summed E-state index contributed by atoms with van der Waals surface area (Å²) in [5.74, 6) is -0.784. The predicted octanol–water partition coefficient (Wildman–Crippen LogP) is 9.38. The van der Waals surface area contributed by atoms with Gasteiger partial charge in [-0.25, -0.2) is 0 Å². The van der Waals surface area contributed by atoms with E-state index in [1.54, 1.807) is 0 Å². The van der Waals surface area contributed by atoms with Gasteiger partial charge in [0.1, 0.15) is 0 Å². The number of allylic oxidation sites excluding steroid dienone is 5. The van der Waals surface area contributed by atoms with Crippen molar-refractivity contribution in [3.63, 3.8) is 0 Å². The topological polar surface area (TPSA) is 40.5 Å². The van der Waals surface area contributed by atoms with Crippen LogP contribution in [0, 0.1) is 6.92 Å². The second kappa shape index (κ2) is 10.4. The SMILES string of the molecule is C=C(/C=C/C=C1/N(C)c2ccc3ccccc3c2C12CCCC2)C(C)(CCC(=O)O)c1c(C)ccc2ccccc12. The highest BCUT2D eigenvalue weighted by Gasteiger charge is 2.48.